The normalized spacial score (nSPS) is 11.1. The first kappa shape index (κ1) is 13.9. The van der Waals surface area contributed by atoms with E-state index in [2.05, 4.69) is 12.2 Å². The van der Waals surface area contributed by atoms with Crippen molar-refractivity contribution in [1.29, 1.82) is 0 Å². The Balaban J connectivity index is 0. The molecular weight excluding hydrogens is 154 g/mol. The maximum absolute atomic E-state index is 10.2. The molecule has 0 heterocycles. The lowest BCUT2D eigenvalue weighted by molar-refractivity contribution is -0.119. The number of hydrogen-bond acceptors (Lipinski definition) is 3. The molecule has 1 atom stereocenters. The Labute approximate surface area is 74.7 Å². The van der Waals surface area contributed by atoms with Crippen LogP contribution in [0.5, 0.6) is 0 Å². The van der Waals surface area contributed by atoms with Crippen molar-refractivity contribution in [3.05, 3.63) is 0 Å². The molecule has 1 amide bonds. The average Bonchev–Trinajstić information content (AvgIpc) is 2.04. The number of nitrogens with two attached hydrogens (primary N) is 2. The van der Waals surface area contributed by atoms with Gasteiger partial charge in [0, 0.05) is 19.5 Å². The standard InChI is InChI=1S/C5H12N2O.C3H9N/c1-4(3-6)7-5(2)8;1-2-3-4/h4H,3,6H2,1-2H3,(H,7,8);2-4H2,1H3. The minimum atomic E-state index is -0.0250. The second-order valence-corrected chi connectivity index (χ2v) is 2.63. The molecule has 74 valence electrons. The highest BCUT2D eigenvalue weighted by Crippen LogP contribution is 1.73. The fourth-order valence-corrected chi connectivity index (χ4v) is 0.406. The first-order valence-electron chi connectivity index (χ1n) is 4.25. The van der Waals surface area contributed by atoms with Crippen LogP contribution in [0.3, 0.4) is 0 Å². The molecule has 0 aliphatic heterocycles. The van der Waals surface area contributed by atoms with Gasteiger partial charge in [0.15, 0.2) is 0 Å². The van der Waals surface area contributed by atoms with E-state index >= 15 is 0 Å². The second kappa shape index (κ2) is 10.4. The maximum atomic E-state index is 10.2. The van der Waals surface area contributed by atoms with Crippen LogP contribution in [0.1, 0.15) is 27.2 Å². The van der Waals surface area contributed by atoms with E-state index in [1.54, 1.807) is 0 Å². The van der Waals surface area contributed by atoms with Crippen LogP contribution in [0.4, 0.5) is 0 Å². The van der Waals surface area contributed by atoms with Gasteiger partial charge in [-0.3, -0.25) is 4.79 Å². The number of amides is 1. The van der Waals surface area contributed by atoms with E-state index in [4.69, 9.17) is 11.5 Å². The Kier molecular flexibility index (Phi) is 12.1. The van der Waals surface area contributed by atoms with Gasteiger partial charge in [-0.2, -0.15) is 0 Å². The van der Waals surface area contributed by atoms with Gasteiger partial charge in [0.2, 0.25) is 5.91 Å². The Morgan fingerprint density at radius 1 is 1.50 bits per heavy atom. The van der Waals surface area contributed by atoms with E-state index < -0.39 is 0 Å². The number of carbonyl (C=O) groups is 1. The van der Waals surface area contributed by atoms with Crippen LogP contribution in [0, 0.1) is 0 Å². The van der Waals surface area contributed by atoms with Gasteiger partial charge in [0.1, 0.15) is 0 Å². The summed E-state index contributed by atoms with van der Waals surface area (Å²) < 4.78 is 0. The number of rotatable bonds is 3. The van der Waals surface area contributed by atoms with Crippen molar-refractivity contribution in [2.45, 2.75) is 33.2 Å². The largest absolute Gasteiger partial charge is 0.353 e. The summed E-state index contributed by atoms with van der Waals surface area (Å²) >= 11 is 0. The predicted molar refractivity (Wildman–Crippen MR) is 51.7 cm³/mol. The number of hydrogen-bond donors (Lipinski definition) is 3. The summed E-state index contributed by atoms with van der Waals surface area (Å²) in [6.07, 6.45) is 1.10. The van der Waals surface area contributed by atoms with Crippen LogP contribution in [0.15, 0.2) is 0 Å². The highest BCUT2D eigenvalue weighted by atomic mass is 16.1. The lowest BCUT2D eigenvalue weighted by Crippen LogP contribution is -2.36. The van der Waals surface area contributed by atoms with Gasteiger partial charge >= 0.3 is 0 Å². The summed E-state index contributed by atoms with van der Waals surface area (Å²) in [7, 11) is 0. The molecule has 0 fully saturated rings. The number of nitrogens with one attached hydrogen (secondary N) is 1. The Morgan fingerprint density at radius 2 is 1.92 bits per heavy atom. The molecule has 4 heteroatoms. The molecule has 0 saturated heterocycles. The molecule has 0 aliphatic rings. The van der Waals surface area contributed by atoms with E-state index in [-0.39, 0.29) is 11.9 Å². The molecule has 0 aromatic rings. The maximum Gasteiger partial charge on any atom is 0.217 e. The molecule has 0 radical (unpaired) electrons. The SMILES string of the molecule is CC(=O)NC(C)CN.CCCN. The van der Waals surface area contributed by atoms with Crippen LogP contribution < -0.4 is 16.8 Å². The van der Waals surface area contributed by atoms with Gasteiger partial charge in [-0.15, -0.1) is 0 Å². The van der Waals surface area contributed by atoms with Gasteiger partial charge in [-0.25, -0.2) is 0 Å². The van der Waals surface area contributed by atoms with Crippen LogP contribution in [-0.2, 0) is 4.79 Å². The average molecular weight is 175 g/mol. The topological polar surface area (TPSA) is 81.1 Å². The third kappa shape index (κ3) is 16.2. The zero-order valence-corrected chi connectivity index (χ0v) is 8.26. The third-order valence-corrected chi connectivity index (χ3v) is 1.09. The summed E-state index contributed by atoms with van der Waals surface area (Å²) in [5, 5.41) is 2.63. The highest BCUT2D eigenvalue weighted by Gasteiger charge is 1.96. The molecule has 1 unspecified atom stereocenters. The van der Waals surface area contributed by atoms with E-state index in [0.717, 1.165) is 13.0 Å². The molecule has 5 N–H and O–H groups in total. The Bertz CT molecular complexity index is 104. The Hall–Kier alpha value is -0.610. The molecule has 0 spiro atoms. The molecule has 0 rings (SSSR count). The summed E-state index contributed by atoms with van der Waals surface area (Å²) in [4.78, 5) is 10.2. The van der Waals surface area contributed by atoms with Crippen molar-refractivity contribution in [3.8, 4) is 0 Å². The predicted octanol–water partition coefficient (Wildman–Crippen LogP) is -0.175. The van der Waals surface area contributed by atoms with E-state index in [9.17, 15) is 4.79 Å². The molecular formula is C8H21N3O. The number of carbonyl (C=O) groups excluding carboxylic acids is 1. The minimum absolute atomic E-state index is 0.0250. The van der Waals surface area contributed by atoms with Gasteiger partial charge in [-0.1, -0.05) is 6.92 Å². The summed E-state index contributed by atoms with van der Waals surface area (Å²) in [5.74, 6) is -0.0250. The minimum Gasteiger partial charge on any atom is -0.353 e. The zero-order valence-electron chi connectivity index (χ0n) is 8.26. The van der Waals surface area contributed by atoms with Gasteiger partial charge < -0.3 is 16.8 Å². The van der Waals surface area contributed by atoms with Crippen molar-refractivity contribution in [2.75, 3.05) is 13.1 Å². The quantitative estimate of drug-likeness (QED) is 0.557. The van der Waals surface area contributed by atoms with Crippen molar-refractivity contribution < 1.29 is 4.79 Å². The summed E-state index contributed by atoms with van der Waals surface area (Å²) in [6.45, 7) is 6.72. The van der Waals surface area contributed by atoms with Crippen LogP contribution >= 0.6 is 0 Å². The summed E-state index contributed by atoms with van der Waals surface area (Å²) in [5.41, 5.74) is 10.2. The van der Waals surface area contributed by atoms with Crippen LogP contribution in [0.2, 0.25) is 0 Å². The van der Waals surface area contributed by atoms with E-state index in [1.807, 2.05) is 6.92 Å². The lowest BCUT2D eigenvalue weighted by Gasteiger charge is -2.07. The molecule has 0 aromatic heterocycles. The molecule has 0 saturated carbocycles. The van der Waals surface area contributed by atoms with E-state index in [0.29, 0.717) is 6.54 Å². The molecule has 4 nitrogen and oxygen atoms in total. The fraction of sp³-hybridized carbons (Fsp3) is 0.875. The third-order valence-electron chi connectivity index (χ3n) is 1.09. The fourth-order valence-electron chi connectivity index (χ4n) is 0.406. The van der Waals surface area contributed by atoms with Crippen molar-refractivity contribution in [3.63, 3.8) is 0 Å². The van der Waals surface area contributed by atoms with Crippen molar-refractivity contribution in [2.24, 2.45) is 11.5 Å². The second-order valence-electron chi connectivity index (χ2n) is 2.63. The van der Waals surface area contributed by atoms with E-state index in [1.165, 1.54) is 6.92 Å². The molecule has 0 aliphatic carbocycles. The highest BCUT2D eigenvalue weighted by molar-refractivity contribution is 5.73. The Morgan fingerprint density at radius 3 is 2.00 bits per heavy atom. The first-order valence-corrected chi connectivity index (χ1v) is 4.25. The summed E-state index contributed by atoms with van der Waals surface area (Å²) in [6, 6.07) is 0.104. The molecule has 12 heavy (non-hydrogen) atoms. The van der Waals surface area contributed by atoms with Crippen molar-refractivity contribution in [1.82, 2.24) is 5.32 Å². The molecule has 0 bridgehead atoms. The van der Waals surface area contributed by atoms with Crippen molar-refractivity contribution >= 4 is 5.91 Å². The van der Waals surface area contributed by atoms with Gasteiger partial charge in [-0.05, 0) is 19.9 Å². The van der Waals surface area contributed by atoms with Gasteiger partial charge in [0.05, 0.1) is 0 Å². The lowest BCUT2D eigenvalue weighted by atomic mass is 10.3. The van der Waals surface area contributed by atoms with Crippen LogP contribution in [-0.4, -0.2) is 25.0 Å². The first-order chi connectivity index (χ1) is 5.58. The smallest absolute Gasteiger partial charge is 0.217 e. The zero-order chi connectivity index (χ0) is 9.98. The van der Waals surface area contributed by atoms with Crippen LogP contribution in [0.25, 0.3) is 0 Å². The van der Waals surface area contributed by atoms with Gasteiger partial charge in [0.25, 0.3) is 0 Å². The molecule has 0 aromatic carbocycles. The monoisotopic (exact) mass is 175 g/mol.